The van der Waals surface area contributed by atoms with Gasteiger partial charge in [0, 0.05) is 6.42 Å². The molecule has 0 spiro atoms. The van der Waals surface area contributed by atoms with E-state index in [4.69, 9.17) is 5.11 Å². The minimum Gasteiger partial charge on any atom is -0.464 e. The molecule has 0 radical (unpaired) electrons. The van der Waals surface area contributed by atoms with E-state index in [0.717, 1.165) is 0 Å². The first kappa shape index (κ1) is 14.7. The van der Waals surface area contributed by atoms with Crippen LogP contribution in [0, 0.1) is 0 Å². The van der Waals surface area contributed by atoms with Crippen molar-refractivity contribution in [1.29, 1.82) is 0 Å². The van der Waals surface area contributed by atoms with Crippen LogP contribution < -0.4 is 5.32 Å². The van der Waals surface area contributed by atoms with Gasteiger partial charge in [0.2, 0.25) is 12.3 Å². The van der Waals surface area contributed by atoms with Crippen LogP contribution in [0.1, 0.15) is 13.3 Å². The number of nitrogens with one attached hydrogen (secondary N) is 1. The number of carbonyl (C=O) groups is 2. The molecule has 1 unspecified atom stereocenters. The van der Waals surface area contributed by atoms with Gasteiger partial charge in [-0.2, -0.15) is 0 Å². The van der Waals surface area contributed by atoms with Crippen molar-refractivity contribution in [3.63, 3.8) is 0 Å². The van der Waals surface area contributed by atoms with Crippen LogP contribution in [0.15, 0.2) is 11.8 Å². The van der Waals surface area contributed by atoms with Crippen molar-refractivity contribution < 1.29 is 24.0 Å². The molecule has 0 aliphatic rings. The summed E-state index contributed by atoms with van der Waals surface area (Å²) in [5, 5.41) is 10.9. The molecular formula is C9H15NO5P+. The van der Waals surface area contributed by atoms with Crippen LogP contribution in [-0.4, -0.2) is 36.6 Å². The number of aliphatic hydroxyl groups is 1. The number of amides is 1. The molecule has 1 amide bonds. The highest BCUT2D eigenvalue weighted by molar-refractivity contribution is 7.44. The van der Waals surface area contributed by atoms with Gasteiger partial charge in [0.15, 0.2) is 6.16 Å². The third kappa shape index (κ3) is 5.58. The van der Waals surface area contributed by atoms with E-state index >= 15 is 0 Å². The quantitative estimate of drug-likeness (QED) is 0.402. The monoisotopic (exact) mass is 248 g/mol. The van der Waals surface area contributed by atoms with Gasteiger partial charge in [-0.15, -0.1) is 0 Å². The second-order valence-corrected chi connectivity index (χ2v) is 4.43. The van der Waals surface area contributed by atoms with E-state index in [2.05, 4.69) is 10.1 Å². The Balaban J connectivity index is 4.59. The SMILES string of the molecule is CCC(=O)NC(=CC[P+](=O)CO)C(=O)OC. The highest BCUT2D eigenvalue weighted by Crippen LogP contribution is 2.18. The summed E-state index contributed by atoms with van der Waals surface area (Å²) in [4.78, 5) is 22.3. The van der Waals surface area contributed by atoms with E-state index in [1.54, 1.807) is 6.92 Å². The maximum atomic E-state index is 11.2. The first-order valence-electron chi connectivity index (χ1n) is 4.66. The van der Waals surface area contributed by atoms with Crippen LogP contribution in [0.2, 0.25) is 0 Å². The van der Waals surface area contributed by atoms with Gasteiger partial charge in [-0.25, -0.2) is 4.79 Å². The number of hydrogen-bond acceptors (Lipinski definition) is 5. The molecule has 7 heteroatoms. The van der Waals surface area contributed by atoms with E-state index < -0.39 is 20.1 Å². The third-order valence-corrected chi connectivity index (χ3v) is 2.56. The molecule has 0 bridgehead atoms. The lowest BCUT2D eigenvalue weighted by Crippen LogP contribution is -2.27. The number of methoxy groups -OCH3 is 1. The highest BCUT2D eigenvalue weighted by Gasteiger charge is 2.16. The molecule has 6 nitrogen and oxygen atoms in total. The number of hydrogen-bond donors (Lipinski definition) is 2. The summed E-state index contributed by atoms with van der Waals surface area (Å²) in [6.45, 7) is 1.64. The minimum atomic E-state index is -1.80. The maximum absolute atomic E-state index is 11.2. The molecule has 0 aliphatic carbocycles. The molecule has 0 saturated heterocycles. The molecule has 0 aromatic heterocycles. The van der Waals surface area contributed by atoms with Gasteiger partial charge < -0.3 is 15.2 Å². The number of allylic oxidation sites excluding steroid dienone is 1. The summed E-state index contributed by atoms with van der Waals surface area (Å²) >= 11 is 0. The summed E-state index contributed by atoms with van der Waals surface area (Å²) in [5.74, 6) is -1.04. The molecule has 0 aromatic rings. The fourth-order valence-electron chi connectivity index (χ4n) is 0.785. The van der Waals surface area contributed by atoms with E-state index in [1.165, 1.54) is 13.2 Å². The van der Waals surface area contributed by atoms with Crippen molar-refractivity contribution in [1.82, 2.24) is 5.32 Å². The van der Waals surface area contributed by atoms with E-state index in [9.17, 15) is 14.2 Å². The molecule has 2 N–H and O–H groups in total. The van der Waals surface area contributed by atoms with Crippen LogP contribution in [0.3, 0.4) is 0 Å². The number of carbonyl (C=O) groups excluding carboxylic acids is 2. The zero-order valence-corrected chi connectivity index (χ0v) is 10.1. The van der Waals surface area contributed by atoms with E-state index in [0.29, 0.717) is 0 Å². The Hall–Kier alpha value is -1.26. The van der Waals surface area contributed by atoms with Crippen LogP contribution in [0.25, 0.3) is 0 Å². The fraction of sp³-hybridized carbons (Fsp3) is 0.556. The molecule has 0 saturated carbocycles. The van der Waals surface area contributed by atoms with Gasteiger partial charge in [-0.1, -0.05) is 11.5 Å². The summed E-state index contributed by atoms with van der Waals surface area (Å²) in [6, 6.07) is 0. The topological polar surface area (TPSA) is 92.7 Å². The Morgan fingerprint density at radius 3 is 2.56 bits per heavy atom. The van der Waals surface area contributed by atoms with Crippen molar-refractivity contribution >= 4 is 19.7 Å². The van der Waals surface area contributed by atoms with Gasteiger partial charge >= 0.3 is 13.8 Å². The molecule has 0 aliphatic heterocycles. The Kier molecular flexibility index (Phi) is 7.33. The Morgan fingerprint density at radius 2 is 2.12 bits per heavy atom. The average molecular weight is 248 g/mol. The smallest absolute Gasteiger partial charge is 0.370 e. The van der Waals surface area contributed by atoms with Crippen LogP contribution in [0.4, 0.5) is 0 Å². The second-order valence-electron chi connectivity index (χ2n) is 2.82. The molecule has 0 aromatic carbocycles. The average Bonchev–Trinajstić information content (AvgIpc) is 2.32. The van der Waals surface area contributed by atoms with Crippen molar-refractivity contribution in [3.05, 3.63) is 11.8 Å². The molecular weight excluding hydrogens is 233 g/mol. The minimum absolute atomic E-state index is 0.0141. The van der Waals surface area contributed by atoms with Gasteiger partial charge in [0.1, 0.15) is 5.70 Å². The summed E-state index contributed by atoms with van der Waals surface area (Å²) < 4.78 is 15.4. The number of ether oxygens (including phenoxy) is 1. The second kappa shape index (κ2) is 7.96. The molecule has 90 valence electrons. The Labute approximate surface area is 94.5 Å². The fourth-order valence-corrected chi connectivity index (χ4v) is 1.29. The summed E-state index contributed by atoms with van der Waals surface area (Å²) in [5.41, 5.74) is -0.0499. The molecule has 0 heterocycles. The number of esters is 1. The van der Waals surface area contributed by atoms with Gasteiger partial charge in [0.25, 0.3) is 0 Å². The Morgan fingerprint density at radius 1 is 1.50 bits per heavy atom. The molecule has 1 atom stereocenters. The van der Waals surface area contributed by atoms with Gasteiger partial charge in [0.05, 0.1) is 7.11 Å². The predicted molar refractivity (Wildman–Crippen MR) is 58.1 cm³/mol. The third-order valence-electron chi connectivity index (χ3n) is 1.66. The number of rotatable bonds is 6. The largest absolute Gasteiger partial charge is 0.464 e. The van der Waals surface area contributed by atoms with Crippen molar-refractivity contribution in [2.45, 2.75) is 13.3 Å². The summed E-state index contributed by atoms with van der Waals surface area (Å²) in [6.07, 6.45) is 1.07. The zero-order valence-electron chi connectivity index (χ0n) is 9.23. The van der Waals surface area contributed by atoms with Crippen LogP contribution in [-0.2, 0) is 18.9 Å². The molecule has 0 rings (SSSR count). The summed E-state index contributed by atoms with van der Waals surface area (Å²) in [7, 11) is -0.619. The standard InChI is InChI=1S/C9H14NO5P/c1-3-8(12)10-7(9(13)15-2)4-5-16(14)6-11/h4,11H,3,5-6H2,1-2H3/p+1. The van der Waals surface area contributed by atoms with E-state index in [1.807, 2.05) is 0 Å². The maximum Gasteiger partial charge on any atom is 0.370 e. The normalized spacial score (nSPS) is 11.9. The van der Waals surface area contributed by atoms with Crippen LogP contribution >= 0.6 is 7.80 Å². The zero-order chi connectivity index (χ0) is 12.6. The first-order valence-corrected chi connectivity index (χ1v) is 6.29. The van der Waals surface area contributed by atoms with Gasteiger partial charge in [-0.05, 0) is 6.08 Å². The van der Waals surface area contributed by atoms with Crippen molar-refractivity contribution in [2.75, 3.05) is 19.6 Å². The lowest BCUT2D eigenvalue weighted by molar-refractivity contribution is -0.137. The lowest BCUT2D eigenvalue weighted by Gasteiger charge is -2.05. The van der Waals surface area contributed by atoms with Gasteiger partial charge in [-0.3, -0.25) is 4.79 Å². The predicted octanol–water partition coefficient (Wildman–Crippen LogP) is 0.347. The van der Waals surface area contributed by atoms with Crippen molar-refractivity contribution in [3.8, 4) is 0 Å². The van der Waals surface area contributed by atoms with Crippen LogP contribution in [0.5, 0.6) is 0 Å². The highest BCUT2D eigenvalue weighted by atomic mass is 31.1. The van der Waals surface area contributed by atoms with Crippen molar-refractivity contribution in [2.24, 2.45) is 0 Å². The number of aliphatic hydroxyl groups excluding tert-OH is 1. The Bertz CT molecular complexity index is 313. The molecule has 16 heavy (non-hydrogen) atoms. The van der Waals surface area contributed by atoms with E-state index in [-0.39, 0.29) is 24.2 Å². The molecule has 0 fully saturated rings. The first-order chi connectivity index (χ1) is 7.54. The lowest BCUT2D eigenvalue weighted by atomic mass is 10.3.